The highest BCUT2D eigenvalue weighted by molar-refractivity contribution is 5.65. The van der Waals surface area contributed by atoms with E-state index in [2.05, 4.69) is 32.1 Å². The first-order chi connectivity index (χ1) is 16.7. The van der Waals surface area contributed by atoms with Crippen molar-refractivity contribution in [1.82, 2.24) is 34.9 Å². The molecule has 11 nitrogen and oxygen atoms in total. The van der Waals surface area contributed by atoms with Crippen LogP contribution in [0.4, 0.5) is 5.95 Å². The van der Waals surface area contributed by atoms with E-state index in [1.54, 1.807) is 37.1 Å². The maximum atomic E-state index is 10.0. The van der Waals surface area contributed by atoms with Crippen LogP contribution in [-0.2, 0) is 12.0 Å². The Labute approximate surface area is 201 Å². The van der Waals surface area contributed by atoms with Gasteiger partial charge in [0.15, 0.2) is 11.5 Å². The molecule has 3 N–H and O–H groups in total. The van der Waals surface area contributed by atoms with E-state index in [1.165, 1.54) is 6.20 Å². The van der Waals surface area contributed by atoms with Crippen LogP contribution in [0.15, 0.2) is 41.4 Å². The molecule has 4 heterocycles. The third kappa shape index (κ3) is 4.36. The molecule has 1 aliphatic rings. The van der Waals surface area contributed by atoms with Crippen LogP contribution in [0, 0.1) is 17.2 Å². The van der Waals surface area contributed by atoms with Crippen LogP contribution in [0.25, 0.3) is 22.7 Å². The van der Waals surface area contributed by atoms with Crippen molar-refractivity contribution >= 4 is 5.95 Å². The van der Waals surface area contributed by atoms with Gasteiger partial charge in [0.25, 0.3) is 5.89 Å². The number of nitrogen functional groups attached to an aromatic ring is 1. The number of anilines is 1. The topological polar surface area (TPSA) is 165 Å². The van der Waals surface area contributed by atoms with Crippen LogP contribution in [0.1, 0.15) is 50.7 Å². The summed E-state index contributed by atoms with van der Waals surface area (Å²) in [6.07, 6.45) is 8.82. The van der Waals surface area contributed by atoms with Gasteiger partial charge in [-0.1, -0.05) is 11.2 Å². The van der Waals surface area contributed by atoms with E-state index >= 15 is 0 Å². The molecule has 11 heteroatoms. The lowest BCUT2D eigenvalue weighted by molar-refractivity contribution is 0.0577. The number of aromatic nitrogens is 7. The summed E-state index contributed by atoms with van der Waals surface area (Å²) in [7, 11) is 0. The second-order valence-corrected chi connectivity index (χ2v) is 9.67. The Hall–Kier alpha value is -4.17. The van der Waals surface area contributed by atoms with Crippen molar-refractivity contribution in [3.05, 3.63) is 54.0 Å². The van der Waals surface area contributed by atoms with E-state index in [4.69, 9.17) is 15.2 Å². The van der Waals surface area contributed by atoms with Crippen molar-refractivity contribution in [3.63, 3.8) is 0 Å². The van der Waals surface area contributed by atoms with Crippen LogP contribution in [0.5, 0.6) is 0 Å². The standard InChI is InChI=1S/C24H25N9O2/c1-23(2,34)13-33-12-14(9-29-33)20-31-21(32-35-20)24(3,15-4-5-15)16-6-7-18(27-10-16)17-11-28-22(26)30-19(17)8-25/h6-7,9-12,15,34H,4-5,13H2,1-3H3,(H2,26,28,30)/t24-/m1/s1. The van der Waals surface area contributed by atoms with Crippen molar-refractivity contribution in [3.8, 4) is 28.8 Å². The third-order valence-electron chi connectivity index (χ3n) is 6.27. The van der Waals surface area contributed by atoms with Crippen LogP contribution < -0.4 is 5.73 Å². The van der Waals surface area contributed by atoms with Gasteiger partial charge in [-0.25, -0.2) is 9.97 Å². The fourth-order valence-electron chi connectivity index (χ4n) is 4.25. The Bertz CT molecular complexity index is 1410. The lowest BCUT2D eigenvalue weighted by Crippen LogP contribution is -2.28. The Morgan fingerprint density at radius 3 is 2.63 bits per heavy atom. The molecule has 1 saturated carbocycles. The summed E-state index contributed by atoms with van der Waals surface area (Å²) in [5, 5.41) is 28.1. The summed E-state index contributed by atoms with van der Waals surface area (Å²) in [6.45, 7) is 5.89. The Morgan fingerprint density at radius 2 is 1.97 bits per heavy atom. The van der Waals surface area contributed by atoms with Gasteiger partial charge < -0.3 is 15.4 Å². The zero-order valence-corrected chi connectivity index (χ0v) is 19.7. The predicted octanol–water partition coefficient (Wildman–Crippen LogP) is 2.73. The SMILES string of the molecule is CC(C)(O)Cn1cc(-c2nc([C@@](C)(c3ccc(-c4cnc(N)nc4C#N)nc3)C3CC3)no2)cn1. The van der Waals surface area contributed by atoms with Gasteiger partial charge in [-0.15, -0.1) is 0 Å². The Balaban J connectivity index is 1.46. The van der Waals surface area contributed by atoms with Crippen LogP contribution >= 0.6 is 0 Å². The summed E-state index contributed by atoms with van der Waals surface area (Å²) in [5.74, 6) is 1.35. The molecule has 178 valence electrons. The molecule has 0 unspecified atom stereocenters. The minimum absolute atomic E-state index is 0.0433. The summed E-state index contributed by atoms with van der Waals surface area (Å²) in [4.78, 5) is 17.3. The highest BCUT2D eigenvalue weighted by Crippen LogP contribution is 2.50. The van der Waals surface area contributed by atoms with Gasteiger partial charge in [0.1, 0.15) is 6.07 Å². The van der Waals surface area contributed by atoms with Gasteiger partial charge in [0.05, 0.1) is 40.6 Å². The van der Waals surface area contributed by atoms with Crippen molar-refractivity contribution in [2.24, 2.45) is 5.92 Å². The maximum Gasteiger partial charge on any atom is 0.261 e. The molecule has 0 spiro atoms. The molecule has 35 heavy (non-hydrogen) atoms. The van der Waals surface area contributed by atoms with Gasteiger partial charge >= 0.3 is 0 Å². The molecule has 4 aromatic rings. The van der Waals surface area contributed by atoms with Crippen LogP contribution in [0.2, 0.25) is 0 Å². The lowest BCUT2D eigenvalue weighted by Gasteiger charge is -2.26. The summed E-state index contributed by atoms with van der Waals surface area (Å²) in [5.41, 5.74) is 7.13. The monoisotopic (exact) mass is 471 g/mol. The average molecular weight is 472 g/mol. The lowest BCUT2D eigenvalue weighted by atomic mass is 9.77. The molecule has 1 atom stereocenters. The van der Waals surface area contributed by atoms with E-state index < -0.39 is 11.0 Å². The Morgan fingerprint density at radius 1 is 1.17 bits per heavy atom. The highest BCUT2D eigenvalue weighted by atomic mass is 16.5. The quantitative estimate of drug-likeness (QED) is 0.409. The smallest absolute Gasteiger partial charge is 0.261 e. The molecular formula is C24H25N9O2. The molecule has 0 aliphatic heterocycles. The van der Waals surface area contributed by atoms with Gasteiger partial charge in [-0.2, -0.15) is 15.3 Å². The number of hydrogen-bond acceptors (Lipinski definition) is 10. The van der Waals surface area contributed by atoms with E-state index in [-0.39, 0.29) is 11.6 Å². The van der Waals surface area contributed by atoms with Crippen LogP contribution in [0.3, 0.4) is 0 Å². The average Bonchev–Trinajstić information content (AvgIpc) is 3.39. The van der Waals surface area contributed by atoms with E-state index in [9.17, 15) is 10.4 Å². The molecule has 1 fully saturated rings. The van der Waals surface area contributed by atoms with Crippen molar-refractivity contribution in [2.45, 2.75) is 51.2 Å². The zero-order chi connectivity index (χ0) is 24.8. The zero-order valence-electron chi connectivity index (χ0n) is 19.7. The first-order valence-electron chi connectivity index (χ1n) is 11.3. The summed E-state index contributed by atoms with van der Waals surface area (Å²) in [6, 6.07) is 5.85. The first-order valence-corrected chi connectivity index (χ1v) is 11.3. The third-order valence-corrected chi connectivity index (χ3v) is 6.27. The van der Waals surface area contributed by atoms with Gasteiger partial charge in [0, 0.05) is 18.6 Å². The summed E-state index contributed by atoms with van der Waals surface area (Å²) < 4.78 is 7.26. The fourth-order valence-corrected chi connectivity index (χ4v) is 4.25. The molecule has 4 aromatic heterocycles. The second-order valence-electron chi connectivity index (χ2n) is 9.67. The maximum absolute atomic E-state index is 10.0. The first kappa shape index (κ1) is 22.6. The van der Waals surface area contributed by atoms with E-state index in [0.29, 0.717) is 41.0 Å². The normalized spacial score (nSPS) is 15.5. The highest BCUT2D eigenvalue weighted by Gasteiger charge is 2.47. The molecule has 1 aliphatic carbocycles. The molecule has 0 bridgehead atoms. The molecule has 0 amide bonds. The van der Waals surface area contributed by atoms with Crippen molar-refractivity contribution in [2.75, 3.05) is 5.73 Å². The minimum atomic E-state index is -0.889. The van der Waals surface area contributed by atoms with Gasteiger partial charge in [-0.3, -0.25) is 9.67 Å². The van der Waals surface area contributed by atoms with E-state index in [1.807, 2.05) is 18.2 Å². The minimum Gasteiger partial charge on any atom is -0.389 e. The summed E-state index contributed by atoms with van der Waals surface area (Å²) >= 11 is 0. The van der Waals surface area contributed by atoms with Crippen molar-refractivity contribution < 1.29 is 9.63 Å². The van der Waals surface area contributed by atoms with E-state index in [0.717, 1.165) is 18.4 Å². The number of hydrogen-bond donors (Lipinski definition) is 2. The molecular weight excluding hydrogens is 446 g/mol. The number of aliphatic hydroxyl groups is 1. The Kier molecular flexibility index (Phi) is 5.33. The number of nitrogens with two attached hydrogens (primary N) is 1. The molecule has 0 saturated heterocycles. The van der Waals surface area contributed by atoms with Crippen molar-refractivity contribution in [1.29, 1.82) is 5.26 Å². The number of pyridine rings is 1. The predicted molar refractivity (Wildman–Crippen MR) is 125 cm³/mol. The second kappa shape index (κ2) is 8.25. The fraction of sp³-hybridized carbons (Fsp3) is 0.375. The molecule has 0 aromatic carbocycles. The molecule has 5 rings (SSSR count). The van der Waals surface area contributed by atoms with Crippen LogP contribution in [-0.4, -0.2) is 45.6 Å². The molecule has 0 radical (unpaired) electrons. The number of nitriles is 1. The largest absolute Gasteiger partial charge is 0.389 e. The number of nitrogens with zero attached hydrogens (tertiary/aromatic N) is 8. The number of rotatable bonds is 7. The van der Waals surface area contributed by atoms with Gasteiger partial charge in [0.2, 0.25) is 5.95 Å². The van der Waals surface area contributed by atoms with Gasteiger partial charge in [-0.05, 0) is 51.2 Å².